The Morgan fingerprint density at radius 1 is 1.16 bits per heavy atom. The van der Waals surface area contributed by atoms with Crippen LogP contribution in [0, 0.1) is 0 Å². The molecule has 0 atom stereocenters. The summed E-state index contributed by atoms with van der Waals surface area (Å²) in [6, 6.07) is 7.00. The molecule has 2 amide bonds. The van der Waals surface area contributed by atoms with Crippen LogP contribution in [0.25, 0.3) is 10.8 Å². The lowest BCUT2D eigenvalue weighted by Crippen LogP contribution is -2.50. The topological polar surface area (TPSA) is 98.4 Å². The molecule has 1 aliphatic heterocycles. The van der Waals surface area contributed by atoms with Gasteiger partial charge in [-0.15, -0.1) is 0 Å². The fourth-order valence-electron chi connectivity index (χ4n) is 2.86. The molecule has 1 saturated heterocycles. The molecule has 8 nitrogen and oxygen atoms in total. The monoisotopic (exact) mass is 343 g/mol. The number of rotatable bonds is 4. The van der Waals surface area contributed by atoms with Crippen LogP contribution in [-0.2, 0) is 16.0 Å². The molecule has 1 fully saturated rings. The van der Waals surface area contributed by atoms with Crippen LogP contribution in [0.1, 0.15) is 5.69 Å². The van der Waals surface area contributed by atoms with E-state index in [1.807, 2.05) is 7.05 Å². The van der Waals surface area contributed by atoms with Crippen molar-refractivity contribution in [2.45, 2.75) is 6.42 Å². The molecule has 25 heavy (non-hydrogen) atoms. The van der Waals surface area contributed by atoms with E-state index in [9.17, 15) is 14.4 Å². The molecular formula is C17H21N5O3. The molecule has 8 heteroatoms. The Morgan fingerprint density at radius 2 is 1.84 bits per heavy atom. The maximum absolute atomic E-state index is 12.2. The van der Waals surface area contributed by atoms with Crippen LogP contribution in [0.5, 0.6) is 0 Å². The first-order chi connectivity index (χ1) is 12.0. The minimum atomic E-state index is -0.299. The highest BCUT2D eigenvalue weighted by Crippen LogP contribution is 2.12. The number of amides is 2. The molecule has 0 bridgehead atoms. The highest BCUT2D eigenvalue weighted by Gasteiger charge is 2.19. The number of benzene rings is 1. The number of hydrogen-bond donors (Lipinski definition) is 2. The number of carbonyl (C=O) groups excluding carboxylic acids is 2. The van der Waals surface area contributed by atoms with Gasteiger partial charge in [0.25, 0.3) is 5.56 Å². The van der Waals surface area contributed by atoms with Gasteiger partial charge < -0.3 is 15.1 Å². The number of piperazine rings is 1. The first kappa shape index (κ1) is 17.1. The largest absolute Gasteiger partial charge is 0.347 e. The van der Waals surface area contributed by atoms with E-state index < -0.39 is 0 Å². The lowest BCUT2D eigenvalue weighted by Gasteiger charge is -2.32. The molecule has 132 valence electrons. The van der Waals surface area contributed by atoms with Crippen molar-refractivity contribution in [2.75, 3.05) is 39.8 Å². The summed E-state index contributed by atoms with van der Waals surface area (Å²) in [6.45, 7) is 3.01. The molecule has 1 aliphatic rings. The summed E-state index contributed by atoms with van der Waals surface area (Å²) in [5, 5.41) is 10.2. The Morgan fingerprint density at radius 3 is 2.56 bits per heavy atom. The minimum absolute atomic E-state index is 0.00725. The van der Waals surface area contributed by atoms with Gasteiger partial charge in [-0.2, -0.15) is 5.10 Å². The van der Waals surface area contributed by atoms with Gasteiger partial charge in [0.2, 0.25) is 11.8 Å². The van der Waals surface area contributed by atoms with Crippen LogP contribution >= 0.6 is 0 Å². The Kier molecular flexibility index (Phi) is 5.08. The molecule has 3 rings (SSSR count). The molecule has 2 N–H and O–H groups in total. The Balaban J connectivity index is 1.59. The zero-order chi connectivity index (χ0) is 17.8. The van der Waals surface area contributed by atoms with Gasteiger partial charge in [-0.1, -0.05) is 18.2 Å². The average molecular weight is 343 g/mol. The molecule has 1 aromatic carbocycles. The summed E-state index contributed by atoms with van der Waals surface area (Å²) in [4.78, 5) is 40.0. The van der Waals surface area contributed by atoms with Crippen LogP contribution in [0.2, 0.25) is 0 Å². The molecule has 0 saturated carbocycles. The van der Waals surface area contributed by atoms with E-state index in [1.165, 1.54) is 0 Å². The van der Waals surface area contributed by atoms with Crippen molar-refractivity contribution in [3.05, 3.63) is 40.3 Å². The van der Waals surface area contributed by atoms with Gasteiger partial charge in [-0.25, -0.2) is 5.10 Å². The normalized spacial score (nSPS) is 15.3. The standard InChI is InChI=1S/C17H21N5O3/c1-21-6-8-22(9-7-21)16(24)11-18-15(23)10-14-12-4-2-3-5-13(12)17(25)20-19-14/h2-5H,6-11H2,1H3,(H,18,23)(H,20,25). The number of nitrogens with zero attached hydrogens (tertiary/aromatic N) is 3. The molecular weight excluding hydrogens is 322 g/mol. The number of H-pyrrole nitrogens is 1. The summed E-state index contributed by atoms with van der Waals surface area (Å²) in [6.07, 6.45) is 0.00725. The number of likely N-dealkylation sites (N-methyl/N-ethyl adjacent to an activating group) is 1. The van der Waals surface area contributed by atoms with Crippen molar-refractivity contribution < 1.29 is 9.59 Å². The number of carbonyl (C=O) groups is 2. The highest BCUT2D eigenvalue weighted by molar-refractivity contribution is 5.90. The third kappa shape index (κ3) is 4.03. The molecule has 1 aromatic heterocycles. The van der Waals surface area contributed by atoms with Crippen LogP contribution in [0.15, 0.2) is 29.1 Å². The van der Waals surface area contributed by atoms with Crippen molar-refractivity contribution in [1.82, 2.24) is 25.3 Å². The van der Waals surface area contributed by atoms with Crippen LogP contribution in [-0.4, -0.2) is 71.6 Å². The van der Waals surface area contributed by atoms with Crippen LogP contribution in [0.4, 0.5) is 0 Å². The lowest BCUT2D eigenvalue weighted by molar-refractivity contribution is -0.134. The highest BCUT2D eigenvalue weighted by atomic mass is 16.2. The molecule has 0 unspecified atom stereocenters. The SMILES string of the molecule is CN1CCN(C(=O)CNC(=O)Cc2n[nH]c(=O)c3ccccc23)CC1. The Bertz CT molecular complexity index is 840. The zero-order valence-electron chi connectivity index (χ0n) is 14.1. The summed E-state index contributed by atoms with van der Waals surface area (Å²) in [7, 11) is 2.02. The van der Waals surface area contributed by atoms with Crippen molar-refractivity contribution in [3.63, 3.8) is 0 Å². The Labute approximate surface area is 144 Å². The second-order valence-corrected chi connectivity index (χ2v) is 6.18. The van der Waals surface area contributed by atoms with Gasteiger partial charge in [0.15, 0.2) is 0 Å². The lowest BCUT2D eigenvalue weighted by atomic mass is 10.1. The van der Waals surface area contributed by atoms with Gasteiger partial charge in [-0.3, -0.25) is 14.4 Å². The first-order valence-corrected chi connectivity index (χ1v) is 8.24. The van der Waals surface area contributed by atoms with Crippen molar-refractivity contribution in [2.24, 2.45) is 0 Å². The summed E-state index contributed by atoms with van der Waals surface area (Å²) < 4.78 is 0. The van der Waals surface area contributed by atoms with E-state index in [0.717, 1.165) is 13.1 Å². The Hall–Kier alpha value is -2.74. The zero-order valence-corrected chi connectivity index (χ0v) is 14.1. The second kappa shape index (κ2) is 7.43. The van der Waals surface area contributed by atoms with E-state index in [-0.39, 0.29) is 30.3 Å². The maximum Gasteiger partial charge on any atom is 0.272 e. The van der Waals surface area contributed by atoms with Gasteiger partial charge in [0.05, 0.1) is 24.0 Å². The predicted octanol–water partition coefficient (Wildman–Crippen LogP) is -0.644. The smallest absolute Gasteiger partial charge is 0.272 e. The number of aromatic amines is 1. The minimum Gasteiger partial charge on any atom is -0.347 e. The van der Waals surface area contributed by atoms with Crippen molar-refractivity contribution in [3.8, 4) is 0 Å². The van der Waals surface area contributed by atoms with Crippen molar-refractivity contribution >= 4 is 22.6 Å². The van der Waals surface area contributed by atoms with Gasteiger partial charge in [0, 0.05) is 31.6 Å². The van der Waals surface area contributed by atoms with E-state index in [0.29, 0.717) is 29.6 Å². The summed E-state index contributed by atoms with van der Waals surface area (Å²) >= 11 is 0. The van der Waals surface area contributed by atoms with Crippen LogP contribution in [0.3, 0.4) is 0 Å². The summed E-state index contributed by atoms with van der Waals surface area (Å²) in [5.74, 6) is -0.382. The predicted molar refractivity (Wildman–Crippen MR) is 93.2 cm³/mol. The van der Waals surface area contributed by atoms with Crippen molar-refractivity contribution in [1.29, 1.82) is 0 Å². The molecule has 2 aromatic rings. The number of hydrogen-bond acceptors (Lipinski definition) is 5. The van der Waals surface area contributed by atoms with E-state index >= 15 is 0 Å². The molecule has 0 aliphatic carbocycles. The molecule has 0 spiro atoms. The van der Waals surface area contributed by atoms with E-state index in [1.54, 1.807) is 29.2 Å². The van der Waals surface area contributed by atoms with Gasteiger partial charge in [0.1, 0.15) is 0 Å². The first-order valence-electron chi connectivity index (χ1n) is 8.24. The molecule has 0 radical (unpaired) electrons. The third-order valence-electron chi connectivity index (χ3n) is 4.40. The average Bonchev–Trinajstić information content (AvgIpc) is 2.63. The van der Waals surface area contributed by atoms with E-state index in [2.05, 4.69) is 20.4 Å². The van der Waals surface area contributed by atoms with Gasteiger partial charge in [-0.05, 0) is 13.1 Å². The quantitative estimate of drug-likeness (QED) is 0.769. The number of nitrogens with one attached hydrogen (secondary N) is 2. The number of aromatic nitrogens is 2. The molecule has 2 heterocycles. The summed E-state index contributed by atoms with van der Waals surface area (Å²) in [5.41, 5.74) is 0.199. The maximum atomic E-state index is 12.2. The fourth-order valence-corrected chi connectivity index (χ4v) is 2.86. The third-order valence-corrected chi connectivity index (χ3v) is 4.40. The number of fused-ring (bicyclic) bond motifs is 1. The fraction of sp³-hybridized carbons (Fsp3) is 0.412. The van der Waals surface area contributed by atoms with Gasteiger partial charge >= 0.3 is 0 Å². The van der Waals surface area contributed by atoms with Crippen LogP contribution < -0.4 is 10.9 Å². The second-order valence-electron chi connectivity index (χ2n) is 6.18. The van der Waals surface area contributed by atoms with E-state index in [4.69, 9.17) is 0 Å².